The average Bonchev–Trinajstić information content (AvgIpc) is 2.47. The number of rotatable bonds is 3. The maximum atomic E-state index is 6.15. The van der Waals surface area contributed by atoms with Crippen LogP contribution in [0.25, 0.3) is 0 Å². The number of benzene rings is 1. The molecule has 2 N–H and O–H groups in total. The Morgan fingerprint density at radius 2 is 1.86 bits per heavy atom. The van der Waals surface area contributed by atoms with Gasteiger partial charge in [-0.2, -0.15) is 0 Å². The van der Waals surface area contributed by atoms with E-state index >= 15 is 0 Å². The first kappa shape index (κ1) is 15.0. The van der Waals surface area contributed by atoms with Crippen molar-refractivity contribution in [3.8, 4) is 0 Å². The summed E-state index contributed by atoms with van der Waals surface area (Å²) in [6, 6.07) is 8.02. The fourth-order valence-corrected chi connectivity index (χ4v) is 4.16. The van der Waals surface area contributed by atoms with Gasteiger partial charge in [0.1, 0.15) is 0 Å². The van der Waals surface area contributed by atoms with E-state index in [1.54, 1.807) is 0 Å². The molecule has 0 spiro atoms. The Morgan fingerprint density at radius 3 is 2.57 bits per heavy atom. The highest BCUT2D eigenvalue weighted by atomic mass is 15.3. The molecule has 2 unspecified atom stereocenters. The van der Waals surface area contributed by atoms with Crippen LogP contribution in [0.4, 0.5) is 0 Å². The summed E-state index contributed by atoms with van der Waals surface area (Å²) in [5, 5.41) is 0. The topological polar surface area (TPSA) is 32.5 Å². The van der Waals surface area contributed by atoms with Gasteiger partial charge in [0.05, 0.1) is 0 Å². The number of hydrogen-bond acceptors (Lipinski definition) is 3. The van der Waals surface area contributed by atoms with E-state index in [4.69, 9.17) is 5.73 Å². The number of nitrogens with two attached hydrogens (primary N) is 1. The van der Waals surface area contributed by atoms with Crippen LogP contribution in [0, 0.1) is 13.8 Å². The molecule has 2 heterocycles. The second-order valence-corrected chi connectivity index (χ2v) is 6.85. The van der Waals surface area contributed by atoms with E-state index in [0.717, 1.165) is 19.1 Å². The van der Waals surface area contributed by atoms with Crippen LogP contribution in [0.15, 0.2) is 18.2 Å². The molecule has 2 atom stereocenters. The number of nitrogens with zero attached hydrogens (tertiary/aromatic N) is 2. The maximum absolute atomic E-state index is 6.15. The van der Waals surface area contributed by atoms with E-state index < -0.39 is 0 Å². The van der Waals surface area contributed by atoms with Gasteiger partial charge in [0, 0.05) is 38.3 Å². The van der Waals surface area contributed by atoms with E-state index in [-0.39, 0.29) is 0 Å². The highest BCUT2D eigenvalue weighted by Gasteiger charge is 2.32. The second kappa shape index (κ2) is 6.47. The zero-order valence-electron chi connectivity index (χ0n) is 13.5. The third-order valence-corrected chi connectivity index (χ3v) is 5.16. The second-order valence-electron chi connectivity index (χ2n) is 6.85. The molecule has 0 radical (unpaired) electrons. The highest BCUT2D eigenvalue weighted by molar-refractivity contribution is 5.31. The average molecular weight is 287 g/mol. The molecule has 2 fully saturated rings. The lowest BCUT2D eigenvalue weighted by atomic mass is 9.95. The number of hydrogen-bond donors (Lipinski definition) is 1. The minimum absolute atomic E-state index is 0.382. The van der Waals surface area contributed by atoms with Gasteiger partial charge in [-0.25, -0.2) is 0 Å². The number of fused-ring (bicyclic) bond motifs is 1. The quantitative estimate of drug-likeness (QED) is 0.927. The van der Waals surface area contributed by atoms with Gasteiger partial charge in [-0.3, -0.25) is 9.80 Å². The van der Waals surface area contributed by atoms with Gasteiger partial charge in [-0.05, 0) is 38.8 Å². The van der Waals surface area contributed by atoms with E-state index in [2.05, 4.69) is 41.8 Å². The first-order chi connectivity index (χ1) is 10.2. The predicted octanol–water partition coefficient (Wildman–Crippen LogP) is 2.47. The van der Waals surface area contributed by atoms with Crippen LogP contribution >= 0.6 is 0 Å². The van der Waals surface area contributed by atoms with Crippen LogP contribution in [0.2, 0.25) is 0 Å². The molecule has 1 aromatic carbocycles. The Morgan fingerprint density at radius 1 is 1.10 bits per heavy atom. The summed E-state index contributed by atoms with van der Waals surface area (Å²) in [6.07, 6.45) is 4.14. The largest absolute Gasteiger partial charge is 0.329 e. The molecule has 0 amide bonds. The van der Waals surface area contributed by atoms with Crippen molar-refractivity contribution in [2.24, 2.45) is 5.73 Å². The molecule has 116 valence electrons. The standard InChI is InChI=1S/C18H29N3/c1-14-9-15(2)11-16(10-14)18(12-19)21-8-7-20-6-4-3-5-17(20)13-21/h9-11,17-18H,3-8,12-13,19H2,1-2H3. The van der Waals surface area contributed by atoms with Crippen molar-refractivity contribution >= 4 is 0 Å². The lowest BCUT2D eigenvalue weighted by molar-refractivity contribution is 0.0286. The normalized spacial score (nSPS) is 25.6. The number of piperidine rings is 1. The fourth-order valence-electron chi connectivity index (χ4n) is 4.16. The van der Waals surface area contributed by atoms with Gasteiger partial charge in [-0.1, -0.05) is 35.7 Å². The first-order valence-corrected chi connectivity index (χ1v) is 8.44. The van der Waals surface area contributed by atoms with Crippen LogP contribution in [-0.4, -0.2) is 48.6 Å². The summed E-state index contributed by atoms with van der Waals surface area (Å²) >= 11 is 0. The summed E-state index contributed by atoms with van der Waals surface area (Å²) in [5.41, 5.74) is 10.2. The summed E-state index contributed by atoms with van der Waals surface area (Å²) in [6.45, 7) is 9.95. The van der Waals surface area contributed by atoms with E-state index in [0.29, 0.717) is 6.04 Å². The molecule has 1 aromatic rings. The van der Waals surface area contributed by atoms with Crippen molar-refractivity contribution in [1.29, 1.82) is 0 Å². The zero-order chi connectivity index (χ0) is 14.8. The molecule has 3 heteroatoms. The van der Waals surface area contributed by atoms with Gasteiger partial charge in [0.2, 0.25) is 0 Å². The van der Waals surface area contributed by atoms with E-state index in [9.17, 15) is 0 Å². The van der Waals surface area contributed by atoms with Gasteiger partial charge in [0.25, 0.3) is 0 Å². The van der Waals surface area contributed by atoms with Gasteiger partial charge in [-0.15, -0.1) is 0 Å². The minimum Gasteiger partial charge on any atom is -0.329 e. The smallest absolute Gasteiger partial charge is 0.0471 e. The fraction of sp³-hybridized carbons (Fsp3) is 0.667. The summed E-state index contributed by atoms with van der Waals surface area (Å²) < 4.78 is 0. The number of piperazine rings is 1. The SMILES string of the molecule is Cc1cc(C)cc(C(CN)N2CCN3CCCCC3C2)c1. The predicted molar refractivity (Wildman–Crippen MR) is 88.5 cm³/mol. The van der Waals surface area contributed by atoms with Crippen LogP contribution in [0.3, 0.4) is 0 Å². The summed E-state index contributed by atoms with van der Waals surface area (Å²) in [7, 11) is 0. The molecule has 3 nitrogen and oxygen atoms in total. The van der Waals surface area contributed by atoms with Crippen molar-refractivity contribution in [3.63, 3.8) is 0 Å². The molecule has 3 rings (SSSR count). The van der Waals surface area contributed by atoms with E-state index in [1.165, 1.54) is 55.6 Å². The van der Waals surface area contributed by atoms with E-state index in [1.807, 2.05) is 0 Å². The Balaban J connectivity index is 1.76. The summed E-state index contributed by atoms with van der Waals surface area (Å²) in [4.78, 5) is 5.32. The van der Waals surface area contributed by atoms with Gasteiger partial charge in [0.15, 0.2) is 0 Å². The molecule has 21 heavy (non-hydrogen) atoms. The molecule has 2 aliphatic heterocycles. The third kappa shape index (κ3) is 3.31. The van der Waals surface area contributed by atoms with Crippen LogP contribution in [-0.2, 0) is 0 Å². The lowest BCUT2D eigenvalue weighted by Crippen LogP contribution is -2.56. The van der Waals surface area contributed by atoms with Crippen molar-refractivity contribution in [1.82, 2.24) is 9.80 Å². The van der Waals surface area contributed by atoms with Gasteiger partial charge < -0.3 is 5.73 Å². The van der Waals surface area contributed by atoms with Crippen molar-refractivity contribution in [2.45, 2.75) is 45.2 Å². The van der Waals surface area contributed by atoms with Crippen LogP contribution < -0.4 is 5.73 Å². The highest BCUT2D eigenvalue weighted by Crippen LogP contribution is 2.28. The molecule has 2 saturated heterocycles. The molecule has 0 aromatic heterocycles. The van der Waals surface area contributed by atoms with Gasteiger partial charge >= 0.3 is 0 Å². The van der Waals surface area contributed by atoms with Crippen molar-refractivity contribution in [3.05, 3.63) is 34.9 Å². The minimum atomic E-state index is 0.382. The van der Waals surface area contributed by atoms with Crippen LogP contribution in [0.5, 0.6) is 0 Å². The Bertz CT molecular complexity index is 465. The van der Waals surface area contributed by atoms with Crippen LogP contribution in [0.1, 0.15) is 42.0 Å². The monoisotopic (exact) mass is 287 g/mol. The molecule has 2 aliphatic rings. The van der Waals surface area contributed by atoms with Crippen molar-refractivity contribution < 1.29 is 0 Å². The first-order valence-electron chi connectivity index (χ1n) is 8.44. The third-order valence-electron chi connectivity index (χ3n) is 5.16. The number of aryl methyl sites for hydroxylation is 2. The molecular weight excluding hydrogens is 258 g/mol. The summed E-state index contributed by atoms with van der Waals surface area (Å²) in [5.74, 6) is 0. The Kier molecular flexibility index (Phi) is 4.63. The Labute approximate surface area is 129 Å². The Hall–Kier alpha value is -0.900. The lowest BCUT2D eigenvalue weighted by Gasteiger charge is -2.46. The molecule has 0 bridgehead atoms. The zero-order valence-corrected chi connectivity index (χ0v) is 13.5. The molecule has 0 aliphatic carbocycles. The molecular formula is C18H29N3. The molecule has 0 saturated carbocycles. The maximum Gasteiger partial charge on any atom is 0.0471 e. The van der Waals surface area contributed by atoms with Crippen molar-refractivity contribution in [2.75, 3.05) is 32.7 Å².